The van der Waals surface area contributed by atoms with E-state index < -0.39 is 0 Å². The zero-order valence-electron chi connectivity index (χ0n) is 9.56. The zero-order valence-corrected chi connectivity index (χ0v) is 9.56. The summed E-state index contributed by atoms with van der Waals surface area (Å²) in [5, 5.41) is 2.31. The number of nitrogens with one attached hydrogen (secondary N) is 1. The number of imide groups is 1. The van der Waals surface area contributed by atoms with Crippen molar-refractivity contribution in [1.29, 1.82) is 0 Å². The molecule has 1 saturated heterocycles. The summed E-state index contributed by atoms with van der Waals surface area (Å²) in [7, 11) is 0. The minimum absolute atomic E-state index is 0.164. The maximum absolute atomic E-state index is 11.3. The molecule has 0 bridgehead atoms. The molecule has 0 saturated carbocycles. The minimum Gasteiger partial charge on any atom is -0.292 e. The van der Waals surface area contributed by atoms with E-state index in [1.807, 2.05) is 6.92 Å². The average Bonchev–Trinajstić information content (AvgIpc) is 2.52. The molecule has 84 valence electrons. The molecule has 0 unspecified atom stereocenters. The highest BCUT2D eigenvalue weighted by molar-refractivity contribution is 6.13. The lowest BCUT2D eigenvalue weighted by atomic mass is 10.0. The average molecular weight is 209 g/mol. The molecule has 0 spiro atoms. The van der Waals surface area contributed by atoms with E-state index in [1.54, 1.807) is 0 Å². The quantitative estimate of drug-likeness (QED) is 0.429. The topological polar surface area (TPSA) is 46.2 Å². The molecule has 1 aliphatic rings. The number of unbranched alkanes of at least 4 members (excludes halogenated alkanes) is 3. The van der Waals surface area contributed by atoms with Gasteiger partial charge in [0.2, 0.25) is 5.91 Å². The first-order valence-electron chi connectivity index (χ1n) is 5.68. The summed E-state index contributed by atoms with van der Waals surface area (Å²) in [6.07, 6.45) is 6.00. The van der Waals surface area contributed by atoms with Gasteiger partial charge in [0.25, 0.3) is 5.91 Å². The van der Waals surface area contributed by atoms with Crippen molar-refractivity contribution in [3.63, 3.8) is 0 Å². The SMILES string of the molecule is CCCCCC/C(C)=C1/CC(=O)NC1=O. The van der Waals surface area contributed by atoms with Crippen LogP contribution in [0.15, 0.2) is 11.1 Å². The smallest absolute Gasteiger partial charge is 0.254 e. The van der Waals surface area contributed by atoms with Gasteiger partial charge in [-0.3, -0.25) is 14.9 Å². The number of carbonyl (C=O) groups excluding carboxylic acids is 2. The maximum Gasteiger partial charge on any atom is 0.254 e. The van der Waals surface area contributed by atoms with Crippen molar-refractivity contribution >= 4 is 11.8 Å². The van der Waals surface area contributed by atoms with Gasteiger partial charge in [-0.05, 0) is 19.8 Å². The number of hydrogen-bond donors (Lipinski definition) is 1. The molecular weight excluding hydrogens is 190 g/mol. The summed E-state index contributed by atoms with van der Waals surface area (Å²) in [4.78, 5) is 22.3. The molecule has 15 heavy (non-hydrogen) atoms. The van der Waals surface area contributed by atoms with Gasteiger partial charge in [-0.15, -0.1) is 0 Å². The first-order valence-corrected chi connectivity index (χ1v) is 5.68. The Morgan fingerprint density at radius 1 is 1.27 bits per heavy atom. The van der Waals surface area contributed by atoms with E-state index in [4.69, 9.17) is 0 Å². The van der Waals surface area contributed by atoms with E-state index in [0.29, 0.717) is 5.57 Å². The largest absolute Gasteiger partial charge is 0.292 e. The number of hydrogen-bond acceptors (Lipinski definition) is 2. The van der Waals surface area contributed by atoms with Crippen LogP contribution in [-0.4, -0.2) is 11.8 Å². The molecule has 2 amide bonds. The van der Waals surface area contributed by atoms with Gasteiger partial charge in [0, 0.05) is 5.57 Å². The molecule has 3 heteroatoms. The molecule has 0 aliphatic carbocycles. The Balaban J connectivity index is 2.43. The van der Waals surface area contributed by atoms with Gasteiger partial charge < -0.3 is 0 Å². The van der Waals surface area contributed by atoms with Gasteiger partial charge in [-0.2, -0.15) is 0 Å². The number of allylic oxidation sites excluding steroid dienone is 1. The van der Waals surface area contributed by atoms with Crippen LogP contribution in [0.5, 0.6) is 0 Å². The summed E-state index contributed by atoms with van der Waals surface area (Å²) in [6.45, 7) is 4.13. The molecule has 0 atom stereocenters. The maximum atomic E-state index is 11.3. The monoisotopic (exact) mass is 209 g/mol. The van der Waals surface area contributed by atoms with Crippen LogP contribution < -0.4 is 5.32 Å². The van der Waals surface area contributed by atoms with Crippen LogP contribution in [0.1, 0.15) is 52.4 Å². The Morgan fingerprint density at radius 2 is 2.00 bits per heavy atom. The summed E-state index contributed by atoms with van der Waals surface area (Å²) < 4.78 is 0. The Labute approximate surface area is 90.9 Å². The molecule has 0 aromatic heterocycles. The van der Waals surface area contributed by atoms with Crippen LogP contribution in [-0.2, 0) is 9.59 Å². The highest BCUT2D eigenvalue weighted by Crippen LogP contribution is 2.19. The summed E-state index contributed by atoms with van der Waals surface area (Å²) in [5.41, 5.74) is 1.77. The third kappa shape index (κ3) is 3.50. The highest BCUT2D eigenvalue weighted by atomic mass is 16.2. The molecule has 0 radical (unpaired) electrons. The Kier molecular flexibility index (Phi) is 4.53. The van der Waals surface area contributed by atoms with Crippen molar-refractivity contribution in [2.75, 3.05) is 0 Å². The van der Waals surface area contributed by atoms with Gasteiger partial charge in [0.1, 0.15) is 0 Å². The van der Waals surface area contributed by atoms with E-state index in [9.17, 15) is 9.59 Å². The molecule has 1 rings (SSSR count). The molecule has 1 N–H and O–H groups in total. The zero-order chi connectivity index (χ0) is 11.3. The molecule has 1 heterocycles. The van der Waals surface area contributed by atoms with Crippen molar-refractivity contribution < 1.29 is 9.59 Å². The predicted octanol–water partition coefficient (Wildman–Crippen LogP) is 2.32. The number of carbonyl (C=O) groups is 2. The molecule has 1 aliphatic heterocycles. The van der Waals surface area contributed by atoms with E-state index in [2.05, 4.69) is 12.2 Å². The fourth-order valence-electron chi connectivity index (χ4n) is 1.80. The van der Waals surface area contributed by atoms with Crippen LogP contribution in [0.25, 0.3) is 0 Å². The second kappa shape index (κ2) is 5.69. The Bertz CT molecular complexity index is 292. The fraction of sp³-hybridized carbons (Fsp3) is 0.667. The van der Waals surface area contributed by atoms with Crippen LogP contribution in [0, 0.1) is 0 Å². The predicted molar refractivity (Wildman–Crippen MR) is 59.2 cm³/mol. The lowest BCUT2D eigenvalue weighted by Crippen LogP contribution is -2.19. The minimum atomic E-state index is -0.187. The van der Waals surface area contributed by atoms with Crippen molar-refractivity contribution in [3.8, 4) is 0 Å². The molecule has 0 aromatic carbocycles. The van der Waals surface area contributed by atoms with Gasteiger partial charge in [0.05, 0.1) is 6.42 Å². The number of rotatable bonds is 5. The molecule has 3 nitrogen and oxygen atoms in total. The summed E-state index contributed by atoms with van der Waals surface area (Å²) in [6, 6.07) is 0. The van der Waals surface area contributed by atoms with Crippen LogP contribution in [0.4, 0.5) is 0 Å². The first kappa shape index (κ1) is 12.0. The van der Waals surface area contributed by atoms with E-state index in [1.165, 1.54) is 19.3 Å². The fourth-order valence-corrected chi connectivity index (χ4v) is 1.80. The first-order chi connectivity index (χ1) is 7.15. The van der Waals surface area contributed by atoms with Crippen molar-refractivity contribution in [2.45, 2.75) is 52.4 Å². The summed E-state index contributed by atoms with van der Waals surface area (Å²) in [5.74, 6) is -0.351. The lowest BCUT2D eigenvalue weighted by molar-refractivity contribution is -0.124. The van der Waals surface area contributed by atoms with Gasteiger partial charge >= 0.3 is 0 Å². The van der Waals surface area contributed by atoms with E-state index >= 15 is 0 Å². The van der Waals surface area contributed by atoms with Crippen LogP contribution >= 0.6 is 0 Å². The van der Waals surface area contributed by atoms with Crippen LogP contribution in [0.3, 0.4) is 0 Å². The normalized spacial score (nSPS) is 19.3. The lowest BCUT2D eigenvalue weighted by Gasteiger charge is -2.03. The standard InChI is InChI=1S/C12H19NO2/c1-3-4-5-6-7-9(2)10-8-11(14)13-12(10)15/h3-8H2,1-2H3,(H,13,14,15)/b10-9-. The van der Waals surface area contributed by atoms with Gasteiger partial charge in [-0.1, -0.05) is 31.8 Å². The van der Waals surface area contributed by atoms with Crippen molar-refractivity contribution in [2.24, 2.45) is 0 Å². The Hall–Kier alpha value is -1.12. The van der Waals surface area contributed by atoms with Gasteiger partial charge in [0.15, 0.2) is 0 Å². The second-order valence-electron chi connectivity index (χ2n) is 4.12. The molecule has 1 fully saturated rings. The van der Waals surface area contributed by atoms with E-state index in [-0.39, 0.29) is 18.2 Å². The Morgan fingerprint density at radius 3 is 2.53 bits per heavy atom. The molecule has 0 aromatic rings. The van der Waals surface area contributed by atoms with Gasteiger partial charge in [-0.25, -0.2) is 0 Å². The van der Waals surface area contributed by atoms with Crippen molar-refractivity contribution in [1.82, 2.24) is 5.32 Å². The van der Waals surface area contributed by atoms with E-state index in [0.717, 1.165) is 18.4 Å². The number of amides is 2. The second-order valence-corrected chi connectivity index (χ2v) is 4.12. The third-order valence-corrected chi connectivity index (χ3v) is 2.78. The van der Waals surface area contributed by atoms with Crippen LogP contribution in [0.2, 0.25) is 0 Å². The highest BCUT2D eigenvalue weighted by Gasteiger charge is 2.25. The van der Waals surface area contributed by atoms with Crippen molar-refractivity contribution in [3.05, 3.63) is 11.1 Å². The third-order valence-electron chi connectivity index (χ3n) is 2.78. The summed E-state index contributed by atoms with van der Waals surface area (Å²) >= 11 is 0. The molecular formula is C12H19NO2.